The van der Waals surface area contributed by atoms with Crippen molar-refractivity contribution in [1.29, 1.82) is 0 Å². The number of rotatable bonds is 4. The van der Waals surface area contributed by atoms with E-state index in [9.17, 15) is 9.18 Å². The van der Waals surface area contributed by atoms with E-state index in [2.05, 4.69) is 19.8 Å². The standard InChI is InChI=1S/C20H24FN5O/c21-18-5-2-1-4-17(18)16-6-9-26(14-16)19(27)15-24-10-12-25(13-11-24)20-22-7-3-8-23-20/h1-5,7-8,16H,6,9-15H2/t16-/m1/s1. The van der Waals surface area contributed by atoms with Gasteiger partial charge in [-0.15, -0.1) is 0 Å². The van der Waals surface area contributed by atoms with Crippen molar-refractivity contribution in [1.82, 2.24) is 19.8 Å². The van der Waals surface area contributed by atoms with Crippen LogP contribution in [0.4, 0.5) is 10.3 Å². The van der Waals surface area contributed by atoms with E-state index >= 15 is 0 Å². The molecule has 3 heterocycles. The van der Waals surface area contributed by atoms with Crippen LogP contribution < -0.4 is 4.90 Å². The number of benzene rings is 1. The highest BCUT2D eigenvalue weighted by atomic mass is 19.1. The first-order chi connectivity index (χ1) is 13.2. The van der Waals surface area contributed by atoms with Crippen LogP contribution in [0, 0.1) is 5.82 Å². The molecule has 0 saturated carbocycles. The number of piperazine rings is 1. The Morgan fingerprint density at radius 2 is 1.78 bits per heavy atom. The van der Waals surface area contributed by atoms with Gasteiger partial charge >= 0.3 is 0 Å². The summed E-state index contributed by atoms with van der Waals surface area (Å²) in [6.07, 6.45) is 4.32. The van der Waals surface area contributed by atoms with Gasteiger partial charge in [-0.05, 0) is 24.1 Å². The molecule has 0 unspecified atom stereocenters. The maximum absolute atomic E-state index is 14.0. The van der Waals surface area contributed by atoms with Crippen molar-refractivity contribution in [2.75, 3.05) is 50.7 Å². The molecule has 0 spiro atoms. The van der Waals surface area contributed by atoms with Gasteiger partial charge in [-0.25, -0.2) is 14.4 Å². The first-order valence-electron chi connectivity index (χ1n) is 9.47. The molecular formula is C20H24FN5O. The van der Waals surface area contributed by atoms with E-state index in [0.717, 1.165) is 44.1 Å². The number of anilines is 1. The van der Waals surface area contributed by atoms with E-state index in [1.165, 1.54) is 6.07 Å². The molecule has 1 amide bonds. The Labute approximate surface area is 158 Å². The number of aromatic nitrogens is 2. The van der Waals surface area contributed by atoms with Gasteiger partial charge in [-0.1, -0.05) is 18.2 Å². The molecule has 4 rings (SSSR count). The van der Waals surface area contributed by atoms with Crippen LogP contribution >= 0.6 is 0 Å². The number of amides is 1. The highest BCUT2D eigenvalue weighted by Gasteiger charge is 2.30. The average molecular weight is 369 g/mol. The Morgan fingerprint density at radius 1 is 1.04 bits per heavy atom. The number of carbonyl (C=O) groups is 1. The van der Waals surface area contributed by atoms with Gasteiger partial charge in [0.15, 0.2) is 0 Å². The summed E-state index contributed by atoms with van der Waals surface area (Å²) in [5.41, 5.74) is 0.726. The third-order valence-corrected chi connectivity index (χ3v) is 5.45. The second kappa shape index (κ2) is 8.00. The number of nitrogens with zero attached hydrogens (tertiary/aromatic N) is 5. The second-order valence-electron chi connectivity index (χ2n) is 7.16. The van der Waals surface area contributed by atoms with E-state index in [1.54, 1.807) is 18.5 Å². The van der Waals surface area contributed by atoms with Crippen LogP contribution in [0.15, 0.2) is 42.7 Å². The fourth-order valence-corrected chi connectivity index (χ4v) is 3.90. The first-order valence-corrected chi connectivity index (χ1v) is 9.47. The lowest BCUT2D eigenvalue weighted by molar-refractivity contribution is -0.131. The van der Waals surface area contributed by atoms with Crippen molar-refractivity contribution in [3.63, 3.8) is 0 Å². The zero-order chi connectivity index (χ0) is 18.6. The fourth-order valence-electron chi connectivity index (χ4n) is 3.90. The van der Waals surface area contributed by atoms with Crippen LogP contribution in [0.5, 0.6) is 0 Å². The Morgan fingerprint density at radius 3 is 2.52 bits per heavy atom. The lowest BCUT2D eigenvalue weighted by atomic mass is 9.98. The summed E-state index contributed by atoms with van der Waals surface area (Å²) >= 11 is 0. The van der Waals surface area contributed by atoms with E-state index < -0.39 is 0 Å². The maximum Gasteiger partial charge on any atom is 0.236 e. The number of carbonyl (C=O) groups excluding carboxylic acids is 1. The van der Waals surface area contributed by atoms with E-state index in [-0.39, 0.29) is 17.6 Å². The topological polar surface area (TPSA) is 52.6 Å². The average Bonchev–Trinajstić information content (AvgIpc) is 3.20. The number of halogens is 1. The molecule has 2 saturated heterocycles. The van der Waals surface area contributed by atoms with Gasteiger partial charge < -0.3 is 9.80 Å². The Bertz CT molecular complexity index is 779. The maximum atomic E-state index is 14.0. The van der Waals surface area contributed by atoms with Crippen LogP contribution in [0.25, 0.3) is 0 Å². The smallest absolute Gasteiger partial charge is 0.236 e. The fraction of sp³-hybridized carbons (Fsp3) is 0.450. The SMILES string of the molecule is O=C(CN1CCN(c2ncccn2)CC1)N1CC[C@@H](c2ccccc2F)C1. The molecule has 1 aromatic carbocycles. The van der Waals surface area contributed by atoms with Gasteiger partial charge in [-0.3, -0.25) is 9.69 Å². The molecule has 0 bridgehead atoms. The van der Waals surface area contributed by atoms with Crippen LogP contribution in [-0.2, 0) is 4.79 Å². The summed E-state index contributed by atoms with van der Waals surface area (Å²) < 4.78 is 14.0. The quantitative estimate of drug-likeness (QED) is 0.822. The minimum absolute atomic E-state index is 0.0993. The van der Waals surface area contributed by atoms with Crippen LogP contribution in [0.3, 0.4) is 0 Å². The molecule has 2 aromatic rings. The predicted octanol–water partition coefficient (Wildman–Crippen LogP) is 1.75. The zero-order valence-electron chi connectivity index (χ0n) is 15.3. The summed E-state index contributed by atoms with van der Waals surface area (Å²) in [5.74, 6) is 0.812. The van der Waals surface area contributed by atoms with E-state index in [0.29, 0.717) is 19.6 Å². The molecule has 2 aliphatic rings. The van der Waals surface area contributed by atoms with Crippen molar-refractivity contribution in [3.05, 3.63) is 54.1 Å². The molecule has 0 radical (unpaired) electrons. The minimum atomic E-state index is -0.170. The Balaban J connectivity index is 1.27. The van der Waals surface area contributed by atoms with Crippen LogP contribution in [-0.4, -0.2) is 71.5 Å². The molecule has 2 aliphatic heterocycles. The molecule has 1 aromatic heterocycles. The summed E-state index contributed by atoms with van der Waals surface area (Å²) in [5, 5.41) is 0. The molecule has 142 valence electrons. The molecule has 1 atom stereocenters. The summed E-state index contributed by atoms with van der Waals surface area (Å²) in [7, 11) is 0. The van der Waals surface area contributed by atoms with Gasteiger partial charge in [0.05, 0.1) is 6.54 Å². The van der Waals surface area contributed by atoms with Crippen LogP contribution in [0.1, 0.15) is 17.9 Å². The van der Waals surface area contributed by atoms with Gasteiger partial charge in [0.2, 0.25) is 11.9 Å². The third-order valence-electron chi connectivity index (χ3n) is 5.45. The van der Waals surface area contributed by atoms with E-state index in [4.69, 9.17) is 0 Å². The van der Waals surface area contributed by atoms with Crippen molar-refractivity contribution >= 4 is 11.9 Å². The van der Waals surface area contributed by atoms with E-state index in [1.807, 2.05) is 23.1 Å². The Kier molecular flexibility index (Phi) is 5.29. The largest absolute Gasteiger partial charge is 0.341 e. The lowest BCUT2D eigenvalue weighted by Crippen LogP contribution is -2.50. The normalized spacial score (nSPS) is 20.9. The Hall–Kier alpha value is -2.54. The molecule has 0 N–H and O–H groups in total. The summed E-state index contributed by atoms with van der Waals surface area (Å²) in [6, 6.07) is 8.70. The highest BCUT2D eigenvalue weighted by Crippen LogP contribution is 2.29. The van der Waals surface area contributed by atoms with Gasteiger partial charge in [0.1, 0.15) is 5.82 Å². The minimum Gasteiger partial charge on any atom is -0.341 e. The number of hydrogen-bond acceptors (Lipinski definition) is 5. The van der Waals surface area contributed by atoms with Crippen molar-refractivity contribution in [2.45, 2.75) is 12.3 Å². The highest BCUT2D eigenvalue weighted by molar-refractivity contribution is 5.78. The molecule has 0 aliphatic carbocycles. The second-order valence-corrected chi connectivity index (χ2v) is 7.16. The predicted molar refractivity (Wildman–Crippen MR) is 101 cm³/mol. The molecule has 27 heavy (non-hydrogen) atoms. The number of likely N-dealkylation sites (tertiary alicyclic amines) is 1. The molecule has 6 nitrogen and oxygen atoms in total. The van der Waals surface area contributed by atoms with Crippen molar-refractivity contribution in [3.8, 4) is 0 Å². The summed E-state index contributed by atoms with van der Waals surface area (Å²) in [4.78, 5) is 27.5. The first kappa shape index (κ1) is 17.9. The van der Waals surface area contributed by atoms with Gasteiger partial charge in [0, 0.05) is 57.6 Å². The zero-order valence-corrected chi connectivity index (χ0v) is 15.3. The lowest BCUT2D eigenvalue weighted by Gasteiger charge is -2.34. The molecule has 7 heteroatoms. The van der Waals surface area contributed by atoms with Crippen molar-refractivity contribution < 1.29 is 9.18 Å². The van der Waals surface area contributed by atoms with Gasteiger partial charge in [-0.2, -0.15) is 0 Å². The monoisotopic (exact) mass is 369 g/mol. The van der Waals surface area contributed by atoms with Gasteiger partial charge in [0.25, 0.3) is 0 Å². The number of hydrogen-bond donors (Lipinski definition) is 0. The van der Waals surface area contributed by atoms with Crippen molar-refractivity contribution in [2.24, 2.45) is 0 Å². The molecule has 2 fully saturated rings. The third kappa shape index (κ3) is 4.08. The summed E-state index contributed by atoms with van der Waals surface area (Å²) in [6.45, 7) is 4.99. The van der Waals surface area contributed by atoms with Crippen LogP contribution in [0.2, 0.25) is 0 Å². The molecular weight excluding hydrogens is 345 g/mol.